The predicted molar refractivity (Wildman–Crippen MR) is 68.2 cm³/mol. The average Bonchev–Trinajstić information content (AvgIpc) is 2.42. The Kier molecular flexibility index (Phi) is 4.53. The molecule has 2 nitrogen and oxygen atoms in total. The molecule has 0 aliphatic heterocycles. The first-order valence-corrected chi connectivity index (χ1v) is 8.78. The molecule has 1 aliphatic carbocycles. The van der Waals surface area contributed by atoms with Crippen molar-refractivity contribution in [2.24, 2.45) is 11.3 Å². The second-order valence-corrected chi connectivity index (χ2v) is 8.40. The molecular formula is C11H22O2S2. The van der Waals surface area contributed by atoms with Crippen LogP contribution in [0.4, 0.5) is 0 Å². The third kappa shape index (κ3) is 3.99. The SMILES string of the molecule is CSCCS(=O)(=O)CC1CCCC1(C)C. The lowest BCUT2D eigenvalue weighted by Gasteiger charge is -2.26. The van der Waals surface area contributed by atoms with Gasteiger partial charge >= 0.3 is 0 Å². The van der Waals surface area contributed by atoms with Crippen LogP contribution >= 0.6 is 11.8 Å². The van der Waals surface area contributed by atoms with Crippen molar-refractivity contribution >= 4 is 21.6 Å². The topological polar surface area (TPSA) is 34.1 Å². The standard InChI is InChI=1S/C11H22O2S2/c1-11(2)6-4-5-10(11)9-15(12,13)8-7-14-3/h10H,4-9H2,1-3H3. The van der Waals surface area contributed by atoms with E-state index in [9.17, 15) is 8.42 Å². The summed E-state index contributed by atoms with van der Waals surface area (Å²) in [6.45, 7) is 4.41. The summed E-state index contributed by atoms with van der Waals surface area (Å²) in [7, 11) is -2.82. The fourth-order valence-corrected chi connectivity index (χ4v) is 5.39. The summed E-state index contributed by atoms with van der Waals surface area (Å²) in [5.74, 6) is 1.86. The minimum Gasteiger partial charge on any atom is -0.229 e. The molecular weight excluding hydrogens is 228 g/mol. The van der Waals surface area contributed by atoms with Crippen LogP contribution in [0, 0.1) is 11.3 Å². The van der Waals surface area contributed by atoms with E-state index < -0.39 is 9.84 Å². The van der Waals surface area contributed by atoms with E-state index in [0.29, 0.717) is 17.4 Å². The molecule has 90 valence electrons. The molecule has 0 radical (unpaired) electrons. The van der Waals surface area contributed by atoms with E-state index >= 15 is 0 Å². The zero-order valence-electron chi connectivity index (χ0n) is 9.95. The Labute approximate surface area is 98.1 Å². The fraction of sp³-hybridized carbons (Fsp3) is 1.00. The summed E-state index contributed by atoms with van der Waals surface area (Å²) in [4.78, 5) is 0. The van der Waals surface area contributed by atoms with E-state index in [2.05, 4.69) is 13.8 Å². The van der Waals surface area contributed by atoms with Crippen LogP contribution in [0.3, 0.4) is 0 Å². The fourth-order valence-electron chi connectivity index (χ4n) is 2.31. The van der Waals surface area contributed by atoms with E-state index in [1.54, 1.807) is 11.8 Å². The quantitative estimate of drug-likeness (QED) is 0.752. The van der Waals surface area contributed by atoms with Crippen LogP contribution in [0.1, 0.15) is 33.1 Å². The van der Waals surface area contributed by atoms with Crippen molar-refractivity contribution in [1.29, 1.82) is 0 Å². The second-order valence-electron chi connectivity index (χ2n) is 5.18. The summed E-state index contributed by atoms with van der Waals surface area (Å²) in [5, 5.41) is 0. The Balaban J connectivity index is 2.54. The Morgan fingerprint density at radius 2 is 2.07 bits per heavy atom. The molecule has 0 aromatic rings. The molecule has 1 saturated carbocycles. The van der Waals surface area contributed by atoms with Crippen LogP contribution in [0.5, 0.6) is 0 Å². The first kappa shape index (κ1) is 13.4. The lowest BCUT2D eigenvalue weighted by atomic mass is 9.83. The van der Waals surface area contributed by atoms with Gasteiger partial charge in [-0.25, -0.2) is 8.42 Å². The van der Waals surface area contributed by atoms with Gasteiger partial charge in [0.05, 0.1) is 11.5 Å². The molecule has 0 saturated heterocycles. The molecule has 1 fully saturated rings. The molecule has 0 heterocycles. The number of hydrogen-bond acceptors (Lipinski definition) is 3. The third-order valence-electron chi connectivity index (χ3n) is 3.53. The van der Waals surface area contributed by atoms with Crippen molar-refractivity contribution in [2.45, 2.75) is 33.1 Å². The molecule has 1 aliphatic rings. The van der Waals surface area contributed by atoms with Crippen molar-refractivity contribution in [3.63, 3.8) is 0 Å². The van der Waals surface area contributed by atoms with Crippen molar-refractivity contribution in [3.8, 4) is 0 Å². The van der Waals surface area contributed by atoms with E-state index in [1.807, 2.05) is 6.26 Å². The summed E-state index contributed by atoms with van der Waals surface area (Å²) in [6, 6.07) is 0. The first-order valence-electron chi connectivity index (χ1n) is 5.57. The lowest BCUT2D eigenvalue weighted by molar-refractivity contribution is 0.282. The van der Waals surface area contributed by atoms with Crippen LogP contribution in [-0.2, 0) is 9.84 Å². The summed E-state index contributed by atoms with van der Waals surface area (Å²) in [5.41, 5.74) is 0.229. The highest BCUT2D eigenvalue weighted by Gasteiger charge is 2.36. The van der Waals surface area contributed by atoms with Gasteiger partial charge in [0.2, 0.25) is 0 Å². The van der Waals surface area contributed by atoms with E-state index in [-0.39, 0.29) is 5.41 Å². The summed E-state index contributed by atoms with van der Waals surface area (Å²) < 4.78 is 23.6. The molecule has 0 spiro atoms. The van der Waals surface area contributed by atoms with Gasteiger partial charge in [-0.3, -0.25) is 0 Å². The van der Waals surface area contributed by atoms with E-state index in [1.165, 1.54) is 12.8 Å². The number of rotatable bonds is 5. The highest BCUT2D eigenvalue weighted by molar-refractivity contribution is 8.00. The maximum Gasteiger partial charge on any atom is 0.151 e. The van der Waals surface area contributed by atoms with Gasteiger partial charge in [0.15, 0.2) is 9.84 Å². The molecule has 4 heteroatoms. The zero-order chi connectivity index (χ0) is 11.5. The van der Waals surface area contributed by atoms with Gasteiger partial charge in [-0.15, -0.1) is 0 Å². The van der Waals surface area contributed by atoms with Crippen molar-refractivity contribution in [1.82, 2.24) is 0 Å². The third-order valence-corrected chi connectivity index (χ3v) is 6.14. The van der Waals surface area contributed by atoms with Gasteiger partial charge in [-0.05, 0) is 30.4 Å². The average molecular weight is 250 g/mol. The van der Waals surface area contributed by atoms with Crippen LogP contribution in [0.2, 0.25) is 0 Å². The molecule has 0 amide bonds. The Hall–Kier alpha value is 0.300. The molecule has 1 rings (SSSR count). The molecule has 0 bridgehead atoms. The van der Waals surface area contributed by atoms with Crippen LogP contribution in [0.15, 0.2) is 0 Å². The molecule has 15 heavy (non-hydrogen) atoms. The van der Waals surface area contributed by atoms with E-state index in [0.717, 1.165) is 12.2 Å². The minimum atomic E-state index is -2.82. The Morgan fingerprint density at radius 1 is 1.40 bits per heavy atom. The Morgan fingerprint density at radius 3 is 2.53 bits per heavy atom. The lowest BCUT2D eigenvalue weighted by Crippen LogP contribution is -2.27. The molecule has 1 unspecified atom stereocenters. The van der Waals surface area contributed by atoms with Gasteiger partial charge in [0.25, 0.3) is 0 Å². The number of hydrogen-bond donors (Lipinski definition) is 0. The maximum absolute atomic E-state index is 11.8. The van der Waals surface area contributed by atoms with Gasteiger partial charge in [0, 0.05) is 5.75 Å². The molecule has 1 atom stereocenters. The monoisotopic (exact) mass is 250 g/mol. The highest BCUT2D eigenvalue weighted by Crippen LogP contribution is 2.43. The van der Waals surface area contributed by atoms with Crippen molar-refractivity contribution in [2.75, 3.05) is 23.5 Å². The van der Waals surface area contributed by atoms with Gasteiger partial charge < -0.3 is 0 Å². The van der Waals surface area contributed by atoms with Gasteiger partial charge in [-0.1, -0.05) is 20.3 Å². The largest absolute Gasteiger partial charge is 0.229 e. The molecule has 0 aromatic heterocycles. The second kappa shape index (κ2) is 5.09. The highest BCUT2D eigenvalue weighted by atomic mass is 32.2. The van der Waals surface area contributed by atoms with Crippen LogP contribution in [-0.4, -0.2) is 31.9 Å². The van der Waals surface area contributed by atoms with Gasteiger partial charge in [0.1, 0.15) is 0 Å². The smallest absolute Gasteiger partial charge is 0.151 e. The molecule has 0 aromatic carbocycles. The first-order chi connectivity index (χ1) is 6.87. The Bertz CT molecular complexity index is 294. The van der Waals surface area contributed by atoms with Crippen LogP contribution < -0.4 is 0 Å². The number of sulfone groups is 1. The van der Waals surface area contributed by atoms with Crippen molar-refractivity contribution < 1.29 is 8.42 Å². The maximum atomic E-state index is 11.8. The zero-order valence-corrected chi connectivity index (χ0v) is 11.6. The van der Waals surface area contributed by atoms with Crippen LogP contribution in [0.25, 0.3) is 0 Å². The summed E-state index contributed by atoms with van der Waals surface area (Å²) in [6.07, 6.45) is 5.41. The van der Waals surface area contributed by atoms with Crippen molar-refractivity contribution in [3.05, 3.63) is 0 Å². The molecule has 0 N–H and O–H groups in total. The predicted octanol–water partition coefficient (Wildman–Crippen LogP) is 2.59. The number of thioether (sulfide) groups is 1. The minimum absolute atomic E-state index is 0.229. The normalized spacial score (nSPS) is 25.7. The van der Waals surface area contributed by atoms with E-state index in [4.69, 9.17) is 0 Å². The van der Waals surface area contributed by atoms with Gasteiger partial charge in [-0.2, -0.15) is 11.8 Å². The summed E-state index contributed by atoms with van der Waals surface area (Å²) >= 11 is 1.61.